The van der Waals surface area contributed by atoms with Gasteiger partial charge in [-0.2, -0.15) is 0 Å². The number of fused-ring (bicyclic) bond motifs is 1. The Hall–Kier alpha value is -2.85. The molecule has 0 radical (unpaired) electrons. The van der Waals surface area contributed by atoms with Crippen LogP contribution < -0.4 is 5.32 Å². The second-order valence-electron chi connectivity index (χ2n) is 6.76. The Morgan fingerprint density at radius 1 is 1.04 bits per heavy atom. The van der Waals surface area contributed by atoms with Crippen molar-refractivity contribution in [2.45, 2.75) is 20.3 Å². The van der Waals surface area contributed by atoms with Crippen LogP contribution in [-0.4, -0.2) is 12.5 Å². The first-order valence-corrected chi connectivity index (χ1v) is 9.90. The van der Waals surface area contributed by atoms with Crippen LogP contribution in [0.1, 0.15) is 26.6 Å². The number of rotatable bonds is 5. The minimum Gasteiger partial charge on any atom is -0.450 e. The number of hydrogen-bond acceptors (Lipinski definition) is 3. The third-order valence-corrected chi connectivity index (χ3v) is 5.56. The third kappa shape index (κ3) is 3.67. The van der Waals surface area contributed by atoms with Crippen LogP contribution in [0.4, 0.5) is 0 Å². The second kappa shape index (κ2) is 7.41. The molecule has 0 aliphatic carbocycles. The van der Waals surface area contributed by atoms with Gasteiger partial charge in [0.05, 0.1) is 0 Å². The second-order valence-corrected chi connectivity index (χ2v) is 7.79. The molecule has 136 valence electrons. The van der Waals surface area contributed by atoms with Gasteiger partial charge < -0.3 is 9.73 Å². The Kier molecular flexibility index (Phi) is 4.82. The largest absolute Gasteiger partial charge is 0.450 e. The summed E-state index contributed by atoms with van der Waals surface area (Å²) >= 11 is 1.70. The average Bonchev–Trinajstić information content (AvgIpc) is 3.30. The third-order valence-electron chi connectivity index (χ3n) is 4.63. The van der Waals surface area contributed by atoms with Gasteiger partial charge >= 0.3 is 0 Å². The molecular formula is C23H21NO2S. The molecule has 0 unspecified atom stereocenters. The van der Waals surface area contributed by atoms with Crippen LogP contribution in [0, 0.1) is 13.8 Å². The molecule has 0 aliphatic rings. The van der Waals surface area contributed by atoms with Crippen molar-refractivity contribution in [2.75, 3.05) is 6.54 Å². The molecule has 2 aromatic carbocycles. The summed E-state index contributed by atoms with van der Waals surface area (Å²) in [6, 6.07) is 18.3. The summed E-state index contributed by atoms with van der Waals surface area (Å²) in [7, 11) is 0. The predicted octanol–water partition coefficient (Wildman–Crippen LogP) is 5.75. The standard InChI is InChI=1S/C23H21NO2S/c1-15-5-8-17(9-6-15)21-19-14-16(2)7-10-20(19)26-22(21)23(25)24-12-11-18-4-3-13-27-18/h3-10,13-14H,11-12H2,1-2H3,(H,24,25). The number of nitrogens with one attached hydrogen (secondary N) is 1. The van der Waals surface area contributed by atoms with Crippen LogP contribution in [0.3, 0.4) is 0 Å². The van der Waals surface area contributed by atoms with Gasteiger partial charge in [-0.3, -0.25) is 4.79 Å². The number of thiophene rings is 1. The lowest BCUT2D eigenvalue weighted by molar-refractivity contribution is 0.0929. The van der Waals surface area contributed by atoms with Crippen molar-refractivity contribution < 1.29 is 9.21 Å². The van der Waals surface area contributed by atoms with Gasteiger partial charge in [0.25, 0.3) is 5.91 Å². The van der Waals surface area contributed by atoms with Crippen LogP contribution in [0.25, 0.3) is 22.1 Å². The summed E-state index contributed by atoms with van der Waals surface area (Å²) < 4.78 is 5.98. The Morgan fingerprint density at radius 3 is 2.56 bits per heavy atom. The molecule has 2 heterocycles. The Balaban J connectivity index is 1.69. The number of benzene rings is 2. The molecule has 1 N–H and O–H groups in total. The van der Waals surface area contributed by atoms with E-state index in [0.717, 1.165) is 34.1 Å². The fourth-order valence-electron chi connectivity index (χ4n) is 3.21. The van der Waals surface area contributed by atoms with Crippen molar-refractivity contribution >= 4 is 28.2 Å². The lowest BCUT2D eigenvalue weighted by Crippen LogP contribution is -2.25. The van der Waals surface area contributed by atoms with Gasteiger partial charge in [-0.25, -0.2) is 0 Å². The zero-order valence-corrected chi connectivity index (χ0v) is 16.2. The number of hydrogen-bond donors (Lipinski definition) is 1. The molecule has 0 spiro atoms. The molecule has 4 rings (SSSR count). The molecule has 4 heteroatoms. The highest BCUT2D eigenvalue weighted by Gasteiger charge is 2.21. The lowest BCUT2D eigenvalue weighted by Gasteiger charge is -2.06. The minimum atomic E-state index is -0.170. The molecule has 0 atom stereocenters. The van der Waals surface area contributed by atoms with E-state index in [0.29, 0.717) is 12.3 Å². The van der Waals surface area contributed by atoms with E-state index in [1.807, 2.05) is 42.6 Å². The lowest BCUT2D eigenvalue weighted by atomic mass is 9.99. The zero-order chi connectivity index (χ0) is 18.8. The van der Waals surface area contributed by atoms with Gasteiger partial charge in [-0.15, -0.1) is 11.3 Å². The molecular weight excluding hydrogens is 354 g/mol. The van der Waals surface area contributed by atoms with Gasteiger partial charge in [-0.05, 0) is 49.4 Å². The summed E-state index contributed by atoms with van der Waals surface area (Å²) in [4.78, 5) is 14.1. The van der Waals surface area contributed by atoms with E-state index in [-0.39, 0.29) is 5.91 Å². The zero-order valence-electron chi connectivity index (χ0n) is 15.4. The molecule has 0 saturated carbocycles. The molecule has 0 aliphatic heterocycles. The average molecular weight is 375 g/mol. The number of amides is 1. The fraction of sp³-hybridized carbons (Fsp3) is 0.174. The minimum absolute atomic E-state index is 0.170. The predicted molar refractivity (Wildman–Crippen MR) is 111 cm³/mol. The number of furan rings is 1. The van der Waals surface area contributed by atoms with E-state index in [1.165, 1.54) is 10.4 Å². The topological polar surface area (TPSA) is 42.2 Å². The first-order chi connectivity index (χ1) is 13.1. The van der Waals surface area contributed by atoms with Gasteiger partial charge in [0, 0.05) is 22.4 Å². The van der Waals surface area contributed by atoms with Crippen molar-refractivity contribution in [3.63, 3.8) is 0 Å². The summed E-state index contributed by atoms with van der Waals surface area (Å²) in [6.45, 7) is 4.69. The highest BCUT2D eigenvalue weighted by Crippen LogP contribution is 2.35. The highest BCUT2D eigenvalue weighted by molar-refractivity contribution is 7.09. The SMILES string of the molecule is Cc1ccc(-c2c(C(=O)NCCc3cccs3)oc3ccc(C)cc23)cc1. The van der Waals surface area contributed by atoms with E-state index >= 15 is 0 Å². The van der Waals surface area contributed by atoms with E-state index < -0.39 is 0 Å². The van der Waals surface area contributed by atoms with Crippen LogP contribution in [0.15, 0.2) is 64.4 Å². The van der Waals surface area contributed by atoms with Crippen molar-refractivity contribution in [1.29, 1.82) is 0 Å². The normalized spacial score (nSPS) is 11.0. The van der Waals surface area contributed by atoms with E-state index in [1.54, 1.807) is 11.3 Å². The number of carbonyl (C=O) groups excluding carboxylic acids is 1. The first kappa shape index (κ1) is 17.6. The monoisotopic (exact) mass is 375 g/mol. The molecule has 0 fully saturated rings. The summed E-state index contributed by atoms with van der Waals surface area (Å²) in [5, 5.41) is 6.03. The summed E-state index contributed by atoms with van der Waals surface area (Å²) in [6.07, 6.45) is 0.822. The van der Waals surface area contributed by atoms with Crippen molar-refractivity contribution in [2.24, 2.45) is 0 Å². The number of carbonyl (C=O) groups is 1. The van der Waals surface area contributed by atoms with Crippen LogP contribution in [-0.2, 0) is 6.42 Å². The Morgan fingerprint density at radius 2 is 1.81 bits per heavy atom. The van der Waals surface area contributed by atoms with Gasteiger partial charge in [0.15, 0.2) is 0 Å². The van der Waals surface area contributed by atoms with Gasteiger partial charge in [0.1, 0.15) is 5.58 Å². The van der Waals surface area contributed by atoms with Crippen molar-refractivity contribution in [3.05, 3.63) is 81.7 Å². The fourth-order valence-corrected chi connectivity index (χ4v) is 3.92. The van der Waals surface area contributed by atoms with Crippen LogP contribution >= 0.6 is 11.3 Å². The summed E-state index contributed by atoms with van der Waals surface area (Å²) in [5.74, 6) is 0.210. The van der Waals surface area contributed by atoms with Gasteiger partial charge in [-0.1, -0.05) is 47.5 Å². The maximum absolute atomic E-state index is 12.9. The molecule has 1 amide bonds. The van der Waals surface area contributed by atoms with E-state index in [2.05, 4.69) is 36.5 Å². The molecule has 3 nitrogen and oxygen atoms in total. The van der Waals surface area contributed by atoms with Crippen molar-refractivity contribution in [3.8, 4) is 11.1 Å². The molecule has 2 aromatic heterocycles. The Bertz CT molecular complexity index is 1080. The Labute approximate surface area is 162 Å². The van der Waals surface area contributed by atoms with Crippen molar-refractivity contribution in [1.82, 2.24) is 5.32 Å². The molecule has 27 heavy (non-hydrogen) atoms. The van der Waals surface area contributed by atoms with Crippen LogP contribution in [0.5, 0.6) is 0 Å². The molecule has 0 saturated heterocycles. The first-order valence-electron chi connectivity index (χ1n) is 9.02. The quantitative estimate of drug-likeness (QED) is 0.482. The highest BCUT2D eigenvalue weighted by atomic mass is 32.1. The maximum Gasteiger partial charge on any atom is 0.287 e. The molecule has 0 bridgehead atoms. The van der Waals surface area contributed by atoms with E-state index in [4.69, 9.17) is 4.42 Å². The smallest absolute Gasteiger partial charge is 0.287 e. The summed E-state index contributed by atoms with van der Waals surface area (Å²) in [5.41, 5.74) is 4.92. The van der Waals surface area contributed by atoms with E-state index in [9.17, 15) is 4.79 Å². The molecule has 4 aromatic rings. The van der Waals surface area contributed by atoms with Crippen LogP contribution in [0.2, 0.25) is 0 Å². The maximum atomic E-state index is 12.9. The number of aryl methyl sites for hydroxylation is 2. The van der Waals surface area contributed by atoms with Gasteiger partial charge in [0.2, 0.25) is 5.76 Å².